The fourth-order valence-electron chi connectivity index (χ4n) is 1.95. The van der Waals surface area contributed by atoms with Crippen LogP contribution in [0.3, 0.4) is 0 Å². The van der Waals surface area contributed by atoms with E-state index in [1.165, 1.54) is 6.07 Å². The Labute approximate surface area is 120 Å². The van der Waals surface area contributed by atoms with E-state index in [2.05, 4.69) is 4.98 Å². The number of aromatic nitrogens is 1. The maximum atomic E-state index is 9.51. The van der Waals surface area contributed by atoms with Crippen LogP contribution >= 0.6 is 23.2 Å². The topological polar surface area (TPSA) is 33.1 Å². The molecule has 0 aliphatic carbocycles. The van der Waals surface area contributed by atoms with Crippen LogP contribution in [0.1, 0.15) is 0 Å². The van der Waals surface area contributed by atoms with Gasteiger partial charge in [0.15, 0.2) is 0 Å². The molecule has 4 heteroatoms. The molecule has 0 saturated heterocycles. The summed E-state index contributed by atoms with van der Waals surface area (Å²) < 4.78 is 0. The van der Waals surface area contributed by atoms with Gasteiger partial charge in [-0.25, -0.2) is 4.98 Å². The van der Waals surface area contributed by atoms with Crippen LogP contribution in [0.15, 0.2) is 48.5 Å². The zero-order valence-electron chi connectivity index (χ0n) is 9.77. The second kappa shape index (κ2) is 4.72. The Balaban J connectivity index is 2.21. The first-order valence-corrected chi connectivity index (χ1v) is 6.45. The van der Waals surface area contributed by atoms with E-state index in [0.717, 1.165) is 16.6 Å². The van der Waals surface area contributed by atoms with Crippen molar-refractivity contribution in [1.82, 2.24) is 4.98 Å². The molecular formula is C15H9Cl2NO. The Hall–Kier alpha value is -1.77. The number of aromatic hydroxyl groups is 1. The molecule has 0 spiro atoms. The number of para-hydroxylation sites is 1. The largest absolute Gasteiger partial charge is 0.506 e. The molecular weight excluding hydrogens is 281 g/mol. The monoisotopic (exact) mass is 289 g/mol. The molecule has 19 heavy (non-hydrogen) atoms. The summed E-state index contributed by atoms with van der Waals surface area (Å²) in [7, 11) is 0. The number of benzene rings is 2. The average Bonchev–Trinajstić information content (AvgIpc) is 2.42. The Morgan fingerprint density at radius 1 is 0.895 bits per heavy atom. The van der Waals surface area contributed by atoms with Crippen molar-refractivity contribution in [2.45, 2.75) is 0 Å². The lowest BCUT2D eigenvalue weighted by atomic mass is 10.1. The lowest BCUT2D eigenvalue weighted by Gasteiger charge is -2.07. The van der Waals surface area contributed by atoms with Crippen LogP contribution in [0.2, 0.25) is 10.0 Å². The lowest BCUT2D eigenvalue weighted by molar-refractivity contribution is 0.475. The number of hydrogen-bond acceptors (Lipinski definition) is 2. The zero-order valence-corrected chi connectivity index (χ0v) is 11.3. The minimum atomic E-state index is -0.0313. The van der Waals surface area contributed by atoms with Crippen molar-refractivity contribution in [3.8, 4) is 17.0 Å². The van der Waals surface area contributed by atoms with Gasteiger partial charge in [-0.05, 0) is 18.2 Å². The molecule has 0 aliphatic rings. The standard InChI is InChI=1S/C15H9Cl2NO/c16-11-8-15(19)12(17)7-10(11)14-6-5-9-3-1-2-4-13(9)18-14/h1-8,19H. The van der Waals surface area contributed by atoms with Gasteiger partial charge >= 0.3 is 0 Å². The molecule has 0 unspecified atom stereocenters. The van der Waals surface area contributed by atoms with E-state index < -0.39 is 0 Å². The molecule has 3 rings (SSSR count). The highest BCUT2D eigenvalue weighted by Crippen LogP contribution is 2.35. The SMILES string of the molecule is Oc1cc(Cl)c(-c2ccc3ccccc3n2)cc1Cl. The van der Waals surface area contributed by atoms with Crippen molar-refractivity contribution in [3.63, 3.8) is 0 Å². The van der Waals surface area contributed by atoms with Crippen molar-refractivity contribution >= 4 is 34.1 Å². The van der Waals surface area contributed by atoms with E-state index in [4.69, 9.17) is 23.2 Å². The summed E-state index contributed by atoms with van der Waals surface area (Å²) in [6.45, 7) is 0. The highest BCUT2D eigenvalue weighted by Gasteiger charge is 2.10. The van der Waals surface area contributed by atoms with Crippen LogP contribution in [0.5, 0.6) is 5.75 Å². The van der Waals surface area contributed by atoms with Crippen LogP contribution in [0.25, 0.3) is 22.2 Å². The molecule has 1 N–H and O–H groups in total. The maximum absolute atomic E-state index is 9.51. The highest BCUT2D eigenvalue weighted by atomic mass is 35.5. The Bertz CT molecular complexity index is 771. The van der Waals surface area contributed by atoms with Crippen molar-refractivity contribution in [2.24, 2.45) is 0 Å². The molecule has 0 radical (unpaired) electrons. The smallest absolute Gasteiger partial charge is 0.135 e. The number of rotatable bonds is 1. The average molecular weight is 290 g/mol. The maximum Gasteiger partial charge on any atom is 0.135 e. The first kappa shape index (κ1) is 12.3. The third-order valence-corrected chi connectivity index (χ3v) is 3.53. The van der Waals surface area contributed by atoms with Crippen molar-refractivity contribution in [3.05, 3.63) is 58.6 Å². The van der Waals surface area contributed by atoms with E-state index in [-0.39, 0.29) is 10.8 Å². The van der Waals surface area contributed by atoms with E-state index in [1.807, 2.05) is 36.4 Å². The van der Waals surface area contributed by atoms with Gasteiger partial charge in [0.25, 0.3) is 0 Å². The number of phenolic OH excluding ortho intramolecular Hbond substituents is 1. The minimum absolute atomic E-state index is 0.0313. The van der Waals surface area contributed by atoms with Gasteiger partial charge in [0, 0.05) is 17.0 Å². The Morgan fingerprint density at radius 2 is 1.68 bits per heavy atom. The van der Waals surface area contributed by atoms with Crippen LogP contribution in [0.4, 0.5) is 0 Å². The van der Waals surface area contributed by atoms with Crippen molar-refractivity contribution < 1.29 is 5.11 Å². The summed E-state index contributed by atoms with van der Waals surface area (Å²) in [5.74, 6) is -0.0313. The molecule has 3 aromatic rings. The number of hydrogen-bond donors (Lipinski definition) is 1. The minimum Gasteiger partial charge on any atom is -0.506 e. The van der Waals surface area contributed by atoms with E-state index in [1.54, 1.807) is 6.07 Å². The van der Waals surface area contributed by atoms with Gasteiger partial charge in [0.2, 0.25) is 0 Å². The van der Waals surface area contributed by atoms with Gasteiger partial charge in [0.1, 0.15) is 5.75 Å². The molecule has 2 aromatic carbocycles. The molecule has 0 fully saturated rings. The predicted molar refractivity (Wildman–Crippen MR) is 78.9 cm³/mol. The van der Waals surface area contributed by atoms with Crippen molar-refractivity contribution in [2.75, 3.05) is 0 Å². The Kier molecular flexibility index (Phi) is 3.05. The van der Waals surface area contributed by atoms with Gasteiger partial charge in [-0.1, -0.05) is 47.5 Å². The van der Waals surface area contributed by atoms with E-state index in [0.29, 0.717) is 10.6 Å². The number of halogens is 2. The summed E-state index contributed by atoms with van der Waals surface area (Å²) >= 11 is 12.0. The number of nitrogens with zero attached hydrogens (tertiary/aromatic N) is 1. The predicted octanol–water partition coefficient (Wildman–Crippen LogP) is 4.91. The first-order valence-electron chi connectivity index (χ1n) is 5.69. The highest BCUT2D eigenvalue weighted by molar-refractivity contribution is 6.36. The van der Waals surface area contributed by atoms with Gasteiger partial charge in [-0.2, -0.15) is 0 Å². The summed E-state index contributed by atoms with van der Waals surface area (Å²) in [6, 6.07) is 14.8. The third-order valence-electron chi connectivity index (χ3n) is 2.91. The van der Waals surface area contributed by atoms with Gasteiger partial charge < -0.3 is 5.11 Å². The molecule has 0 amide bonds. The first-order chi connectivity index (χ1) is 9.15. The molecule has 0 atom stereocenters. The van der Waals surface area contributed by atoms with Crippen LogP contribution < -0.4 is 0 Å². The quantitative estimate of drug-likeness (QED) is 0.690. The summed E-state index contributed by atoms with van der Waals surface area (Å²) in [6.07, 6.45) is 0. The van der Waals surface area contributed by atoms with Gasteiger partial charge in [-0.15, -0.1) is 0 Å². The molecule has 2 nitrogen and oxygen atoms in total. The van der Waals surface area contributed by atoms with Gasteiger partial charge in [0.05, 0.1) is 21.3 Å². The molecule has 0 bridgehead atoms. The normalized spacial score (nSPS) is 10.8. The molecule has 1 heterocycles. The van der Waals surface area contributed by atoms with Crippen LogP contribution in [-0.2, 0) is 0 Å². The third kappa shape index (κ3) is 2.25. The van der Waals surface area contributed by atoms with E-state index in [9.17, 15) is 5.11 Å². The van der Waals surface area contributed by atoms with Crippen molar-refractivity contribution in [1.29, 1.82) is 0 Å². The number of pyridine rings is 1. The number of fused-ring (bicyclic) bond motifs is 1. The zero-order chi connectivity index (χ0) is 13.4. The fraction of sp³-hybridized carbons (Fsp3) is 0. The lowest BCUT2D eigenvalue weighted by Crippen LogP contribution is -1.86. The molecule has 0 aliphatic heterocycles. The summed E-state index contributed by atoms with van der Waals surface area (Å²) in [5.41, 5.74) is 2.32. The second-order valence-electron chi connectivity index (χ2n) is 4.17. The van der Waals surface area contributed by atoms with Crippen LogP contribution in [0, 0.1) is 0 Å². The number of phenols is 1. The molecule has 94 valence electrons. The summed E-state index contributed by atoms with van der Waals surface area (Å²) in [5, 5.41) is 11.2. The van der Waals surface area contributed by atoms with Crippen LogP contribution in [-0.4, -0.2) is 10.1 Å². The molecule has 1 aromatic heterocycles. The Morgan fingerprint density at radius 3 is 2.53 bits per heavy atom. The van der Waals surface area contributed by atoms with E-state index >= 15 is 0 Å². The summed E-state index contributed by atoms with van der Waals surface area (Å²) in [4.78, 5) is 4.55. The second-order valence-corrected chi connectivity index (χ2v) is 4.99. The molecule has 0 saturated carbocycles. The fourth-order valence-corrected chi connectivity index (χ4v) is 2.37. The van der Waals surface area contributed by atoms with Gasteiger partial charge in [-0.3, -0.25) is 0 Å².